The van der Waals surface area contributed by atoms with Crippen molar-refractivity contribution >= 4 is 35.6 Å². The number of phenolic OH excluding ortho intramolecular Hbond substituents is 1. The van der Waals surface area contributed by atoms with Gasteiger partial charge >= 0.3 is 17.9 Å². The Labute approximate surface area is 269 Å². The van der Waals surface area contributed by atoms with E-state index in [0.717, 1.165) is 6.21 Å². The molecule has 4 aromatic carbocycles. The summed E-state index contributed by atoms with van der Waals surface area (Å²) in [6, 6.07) is 29.8. The molecular weight excluding hydrogens is 606 g/mol. The molecule has 1 aliphatic rings. The first kappa shape index (κ1) is 32.3. The lowest BCUT2D eigenvalue weighted by Gasteiger charge is -2.24. The summed E-state index contributed by atoms with van der Waals surface area (Å²) in [6.45, 7) is -0.483. The van der Waals surface area contributed by atoms with Crippen molar-refractivity contribution in [2.45, 2.75) is 24.4 Å². The first-order valence-electron chi connectivity index (χ1n) is 14.5. The third kappa shape index (κ3) is 8.16. The smallest absolute Gasteiger partial charge is 0.338 e. The van der Waals surface area contributed by atoms with Crippen LogP contribution in [0.25, 0.3) is 0 Å². The number of esters is 3. The lowest BCUT2D eigenvalue weighted by Crippen LogP contribution is -2.44. The third-order valence-electron chi connectivity index (χ3n) is 7.09. The molecule has 0 spiro atoms. The molecule has 0 aliphatic carbocycles. The lowest BCUT2D eigenvalue weighted by atomic mass is 10.00. The second-order valence-electron chi connectivity index (χ2n) is 10.3. The Balaban J connectivity index is 1.47. The van der Waals surface area contributed by atoms with E-state index in [-0.39, 0.29) is 28.0 Å². The van der Waals surface area contributed by atoms with Crippen LogP contribution in [0.3, 0.4) is 0 Å². The number of aliphatic hydroxyl groups excluding tert-OH is 1. The highest BCUT2D eigenvalue weighted by Crippen LogP contribution is 2.31. The molecule has 0 bridgehead atoms. The molecule has 4 atom stereocenters. The Hall–Kier alpha value is -6.07. The number of hydrogen-bond acceptors (Lipinski definition) is 11. The predicted molar refractivity (Wildman–Crippen MR) is 169 cm³/mol. The first-order valence-corrected chi connectivity index (χ1v) is 14.5. The number of nitrogens with zero attached hydrogens (tertiary/aromatic N) is 1. The van der Waals surface area contributed by atoms with Crippen molar-refractivity contribution in [3.63, 3.8) is 0 Å². The maximum absolute atomic E-state index is 13.9. The van der Waals surface area contributed by atoms with Crippen LogP contribution in [0, 0.1) is 0 Å². The zero-order valence-electron chi connectivity index (χ0n) is 24.7. The number of aliphatic hydroxyl groups is 1. The first-order chi connectivity index (χ1) is 22.8. The van der Waals surface area contributed by atoms with Crippen molar-refractivity contribution in [3.8, 4) is 5.75 Å². The van der Waals surface area contributed by atoms with Gasteiger partial charge in [-0.1, -0.05) is 54.6 Å². The SMILES string of the molecule is O=C(OC[C@H]1O[C@@H](C(=O)/C(C=Nc2ccc(O)cc2)=C/O)[C@H](OC(=O)c2ccccc2)[C@@H]1OC(=O)c1ccccc1)c1ccccc1. The number of hydrogen-bond donors (Lipinski definition) is 2. The third-order valence-corrected chi connectivity index (χ3v) is 7.09. The van der Waals surface area contributed by atoms with Crippen molar-refractivity contribution in [1.82, 2.24) is 0 Å². The van der Waals surface area contributed by atoms with Gasteiger partial charge in [-0.2, -0.15) is 0 Å². The van der Waals surface area contributed by atoms with Gasteiger partial charge in [0.1, 0.15) is 18.5 Å². The van der Waals surface area contributed by atoms with E-state index in [1.165, 1.54) is 48.5 Å². The van der Waals surface area contributed by atoms with Gasteiger partial charge in [-0.15, -0.1) is 0 Å². The maximum Gasteiger partial charge on any atom is 0.338 e. The second-order valence-corrected chi connectivity index (χ2v) is 10.3. The summed E-state index contributed by atoms with van der Waals surface area (Å²) < 4.78 is 23.1. The van der Waals surface area contributed by atoms with Crippen molar-refractivity contribution in [1.29, 1.82) is 0 Å². The maximum atomic E-state index is 13.9. The number of carbonyl (C=O) groups is 4. The fourth-order valence-corrected chi connectivity index (χ4v) is 4.70. The average molecular weight is 636 g/mol. The van der Waals surface area contributed by atoms with Gasteiger partial charge in [-0.3, -0.25) is 9.79 Å². The minimum absolute atomic E-state index is 0.00970. The number of ketones is 1. The van der Waals surface area contributed by atoms with Gasteiger partial charge in [0, 0.05) is 6.21 Å². The molecule has 0 radical (unpaired) electrons. The van der Waals surface area contributed by atoms with Gasteiger partial charge in [0.2, 0.25) is 0 Å². The number of carbonyl (C=O) groups excluding carboxylic acids is 4. The monoisotopic (exact) mass is 635 g/mol. The van der Waals surface area contributed by atoms with Crippen molar-refractivity contribution in [2.75, 3.05) is 6.61 Å². The quantitative estimate of drug-likeness (QED) is 0.0740. The van der Waals surface area contributed by atoms with Crippen LogP contribution >= 0.6 is 0 Å². The Bertz CT molecular complexity index is 1760. The number of aromatic hydroxyl groups is 1. The molecule has 1 aliphatic heterocycles. The molecule has 47 heavy (non-hydrogen) atoms. The minimum atomic E-state index is -1.62. The molecule has 5 rings (SSSR count). The van der Waals surface area contributed by atoms with Crippen molar-refractivity contribution in [2.24, 2.45) is 4.99 Å². The topological polar surface area (TPSA) is 158 Å². The second kappa shape index (κ2) is 15.3. The summed E-state index contributed by atoms with van der Waals surface area (Å²) in [5, 5.41) is 19.6. The summed E-state index contributed by atoms with van der Waals surface area (Å²) in [7, 11) is 0. The summed E-state index contributed by atoms with van der Waals surface area (Å²) in [5.74, 6) is -3.20. The molecule has 0 saturated carbocycles. The molecular formula is C36H29NO10. The largest absolute Gasteiger partial charge is 0.515 e. The zero-order valence-corrected chi connectivity index (χ0v) is 24.7. The zero-order chi connectivity index (χ0) is 33.2. The Morgan fingerprint density at radius 1 is 0.681 bits per heavy atom. The van der Waals surface area contributed by atoms with Crippen LogP contribution in [0.2, 0.25) is 0 Å². The van der Waals surface area contributed by atoms with Gasteiger partial charge < -0.3 is 29.2 Å². The number of ether oxygens (including phenoxy) is 4. The lowest BCUT2D eigenvalue weighted by molar-refractivity contribution is -0.130. The van der Waals surface area contributed by atoms with Crippen LogP contribution in [0.15, 0.2) is 132 Å². The molecule has 1 saturated heterocycles. The van der Waals surface area contributed by atoms with Gasteiger partial charge in [0.05, 0.1) is 34.2 Å². The summed E-state index contributed by atoms with van der Waals surface area (Å²) >= 11 is 0. The fourth-order valence-electron chi connectivity index (χ4n) is 4.70. The van der Waals surface area contributed by atoms with E-state index in [1.54, 1.807) is 66.7 Å². The van der Waals surface area contributed by atoms with E-state index in [9.17, 15) is 29.4 Å². The van der Waals surface area contributed by atoms with Crippen LogP contribution < -0.4 is 0 Å². The number of benzene rings is 4. The highest BCUT2D eigenvalue weighted by atomic mass is 16.7. The van der Waals surface area contributed by atoms with Crippen LogP contribution in [0.1, 0.15) is 31.1 Å². The van der Waals surface area contributed by atoms with E-state index in [1.807, 2.05) is 0 Å². The van der Waals surface area contributed by atoms with E-state index in [4.69, 9.17) is 18.9 Å². The standard InChI is InChI=1S/C36H29NO10/c38-21-26(20-37-27-16-18-28(39)19-17-27)30(40)32-33(47-36(43)25-14-8-3-9-15-25)31(46-35(42)24-12-6-2-7-13-24)29(45-32)22-44-34(41)23-10-4-1-5-11-23/h1-21,29,31-33,38-39H,22H2/b26-21+,37-20?/t29-,31-,32+,33-/m1/s1. The van der Waals surface area contributed by atoms with E-state index in [0.29, 0.717) is 11.9 Å². The predicted octanol–water partition coefficient (Wildman–Crippen LogP) is 5.18. The molecule has 11 nitrogen and oxygen atoms in total. The number of rotatable bonds is 11. The normalized spacial score (nSPS) is 19.2. The summed E-state index contributed by atoms with van der Waals surface area (Å²) in [4.78, 5) is 57.4. The Morgan fingerprint density at radius 3 is 1.68 bits per heavy atom. The van der Waals surface area contributed by atoms with Gasteiger partial charge in [0.15, 0.2) is 24.1 Å². The Morgan fingerprint density at radius 2 is 1.17 bits per heavy atom. The molecule has 11 heteroatoms. The van der Waals surface area contributed by atoms with Gasteiger partial charge in [-0.05, 0) is 60.7 Å². The molecule has 2 N–H and O–H groups in total. The number of Topliss-reactive ketones (excluding diaryl/α,β-unsaturated/α-hetero) is 1. The minimum Gasteiger partial charge on any atom is -0.515 e. The highest BCUT2D eigenvalue weighted by Gasteiger charge is 2.53. The highest BCUT2D eigenvalue weighted by molar-refractivity contribution is 6.16. The van der Waals surface area contributed by atoms with Gasteiger partial charge in [-0.25, -0.2) is 14.4 Å². The average Bonchev–Trinajstić information content (AvgIpc) is 3.45. The number of aliphatic imine (C=N–C) groups is 1. The van der Waals surface area contributed by atoms with Crippen LogP contribution in [-0.2, 0) is 23.7 Å². The van der Waals surface area contributed by atoms with E-state index < -0.39 is 54.7 Å². The van der Waals surface area contributed by atoms with E-state index >= 15 is 0 Å². The summed E-state index contributed by atoms with van der Waals surface area (Å²) in [6.07, 6.45) is -4.28. The van der Waals surface area contributed by atoms with Crippen LogP contribution in [0.5, 0.6) is 5.75 Å². The molecule has 0 aromatic heterocycles. The molecule has 4 aromatic rings. The molecule has 0 unspecified atom stereocenters. The molecule has 0 amide bonds. The summed E-state index contributed by atoms with van der Waals surface area (Å²) in [5.41, 5.74) is 0.595. The Kier molecular flexibility index (Phi) is 10.5. The fraction of sp³-hybridized carbons (Fsp3) is 0.139. The van der Waals surface area contributed by atoms with Gasteiger partial charge in [0.25, 0.3) is 0 Å². The molecule has 1 fully saturated rings. The van der Waals surface area contributed by atoms with Crippen molar-refractivity contribution < 1.29 is 48.3 Å². The number of phenols is 1. The molecule has 1 heterocycles. The van der Waals surface area contributed by atoms with E-state index in [2.05, 4.69) is 4.99 Å². The van der Waals surface area contributed by atoms with Crippen molar-refractivity contribution in [3.05, 3.63) is 144 Å². The molecule has 238 valence electrons. The van der Waals surface area contributed by atoms with Crippen LogP contribution in [-0.4, -0.2) is 71.1 Å². The van der Waals surface area contributed by atoms with Crippen LogP contribution in [0.4, 0.5) is 5.69 Å².